The standard InChI is InChI=1S/C23H28N4O2/c1-15-14-19(21-22(24-15)27-13-7-5-6-8-20(27)25-21)23(28)26(3)16(2)17-9-11-18(29-4)12-10-17/h9-12,14,16H,5-8,13H2,1-4H3. The molecular formula is C23H28N4O2. The number of rotatable bonds is 4. The Labute approximate surface area is 171 Å². The van der Waals surface area contributed by atoms with Crippen LogP contribution in [0, 0.1) is 6.92 Å². The molecule has 3 heterocycles. The molecule has 1 amide bonds. The average molecular weight is 393 g/mol. The van der Waals surface area contributed by atoms with E-state index < -0.39 is 0 Å². The first-order valence-electron chi connectivity index (χ1n) is 10.3. The Morgan fingerprint density at radius 2 is 1.93 bits per heavy atom. The fourth-order valence-corrected chi connectivity index (χ4v) is 4.05. The molecule has 0 aliphatic carbocycles. The number of fused-ring (bicyclic) bond motifs is 3. The normalized spacial score (nSPS) is 14.9. The van der Waals surface area contributed by atoms with Crippen molar-refractivity contribution in [1.29, 1.82) is 0 Å². The first-order chi connectivity index (χ1) is 14.0. The SMILES string of the molecule is COc1ccc(C(C)N(C)C(=O)c2cc(C)nc3c2nc2n3CCCCC2)cc1. The van der Waals surface area contributed by atoms with E-state index in [1.54, 1.807) is 12.0 Å². The molecule has 1 aliphatic rings. The van der Waals surface area contributed by atoms with Crippen molar-refractivity contribution in [2.75, 3.05) is 14.2 Å². The number of aromatic nitrogens is 3. The molecule has 0 N–H and O–H groups in total. The zero-order valence-electron chi connectivity index (χ0n) is 17.6. The Balaban J connectivity index is 1.70. The number of hydrogen-bond acceptors (Lipinski definition) is 4. The first-order valence-corrected chi connectivity index (χ1v) is 10.3. The number of pyridine rings is 1. The number of benzene rings is 1. The summed E-state index contributed by atoms with van der Waals surface area (Å²) < 4.78 is 7.45. The largest absolute Gasteiger partial charge is 0.497 e. The number of methoxy groups -OCH3 is 1. The van der Waals surface area contributed by atoms with Gasteiger partial charge in [0.1, 0.15) is 17.1 Å². The third-order valence-corrected chi connectivity index (χ3v) is 5.92. The van der Waals surface area contributed by atoms with Gasteiger partial charge in [-0.3, -0.25) is 4.79 Å². The molecule has 6 heteroatoms. The monoisotopic (exact) mass is 392 g/mol. The van der Waals surface area contributed by atoms with Crippen LogP contribution in [0.5, 0.6) is 5.75 Å². The summed E-state index contributed by atoms with van der Waals surface area (Å²) in [4.78, 5) is 24.8. The number of ether oxygens (including phenoxy) is 1. The van der Waals surface area contributed by atoms with Crippen LogP contribution in [0.3, 0.4) is 0 Å². The molecule has 0 bridgehead atoms. The molecule has 0 spiro atoms. The van der Waals surface area contributed by atoms with E-state index in [4.69, 9.17) is 14.7 Å². The van der Waals surface area contributed by atoms with Gasteiger partial charge in [0.25, 0.3) is 5.91 Å². The van der Waals surface area contributed by atoms with E-state index in [1.165, 1.54) is 6.42 Å². The van der Waals surface area contributed by atoms with Gasteiger partial charge in [-0.15, -0.1) is 0 Å². The summed E-state index contributed by atoms with van der Waals surface area (Å²) in [6, 6.07) is 9.64. The molecule has 1 aromatic carbocycles. The zero-order chi connectivity index (χ0) is 20.5. The number of carbonyl (C=O) groups is 1. The van der Waals surface area contributed by atoms with Crippen LogP contribution in [-0.4, -0.2) is 39.5 Å². The van der Waals surface area contributed by atoms with Crippen molar-refractivity contribution < 1.29 is 9.53 Å². The summed E-state index contributed by atoms with van der Waals surface area (Å²) in [7, 11) is 3.50. The van der Waals surface area contributed by atoms with Gasteiger partial charge in [0.15, 0.2) is 5.65 Å². The van der Waals surface area contributed by atoms with Crippen molar-refractivity contribution in [3.63, 3.8) is 0 Å². The Morgan fingerprint density at radius 1 is 1.17 bits per heavy atom. The Bertz CT molecular complexity index is 1040. The van der Waals surface area contributed by atoms with Crippen LogP contribution in [0.25, 0.3) is 11.2 Å². The van der Waals surface area contributed by atoms with Crippen LogP contribution in [-0.2, 0) is 13.0 Å². The van der Waals surface area contributed by atoms with Gasteiger partial charge in [0.2, 0.25) is 0 Å². The molecule has 1 aliphatic heterocycles. The lowest BCUT2D eigenvalue weighted by Gasteiger charge is -2.26. The molecule has 2 aromatic heterocycles. The molecule has 4 rings (SSSR count). The minimum Gasteiger partial charge on any atom is -0.497 e. The summed E-state index contributed by atoms with van der Waals surface area (Å²) in [5, 5.41) is 0. The van der Waals surface area contributed by atoms with E-state index in [2.05, 4.69) is 4.57 Å². The van der Waals surface area contributed by atoms with Crippen LogP contribution < -0.4 is 4.74 Å². The van der Waals surface area contributed by atoms with Crippen LogP contribution in [0.4, 0.5) is 0 Å². The second kappa shape index (κ2) is 7.85. The maximum atomic E-state index is 13.5. The quantitative estimate of drug-likeness (QED) is 0.664. The maximum absolute atomic E-state index is 13.5. The molecular weight excluding hydrogens is 364 g/mol. The summed E-state index contributed by atoms with van der Waals surface area (Å²) in [6.45, 7) is 4.90. The summed E-state index contributed by atoms with van der Waals surface area (Å²) in [5.74, 6) is 1.83. The molecule has 0 saturated heterocycles. The van der Waals surface area contributed by atoms with Crippen LogP contribution >= 0.6 is 0 Å². The van der Waals surface area contributed by atoms with Crippen molar-refractivity contribution in [2.24, 2.45) is 0 Å². The smallest absolute Gasteiger partial charge is 0.256 e. The van der Waals surface area contributed by atoms with Gasteiger partial charge in [-0.05, 0) is 50.5 Å². The molecule has 3 aromatic rings. The summed E-state index contributed by atoms with van der Waals surface area (Å²) >= 11 is 0. The van der Waals surface area contributed by atoms with Gasteiger partial charge in [-0.2, -0.15) is 0 Å². The Kier molecular flexibility index (Phi) is 5.26. The predicted molar refractivity (Wildman–Crippen MR) is 113 cm³/mol. The van der Waals surface area contributed by atoms with E-state index in [9.17, 15) is 4.79 Å². The average Bonchev–Trinajstić information content (AvgIpc) is 2.92. The van der Waals surface area contributed by atoms with E-state index in [-0.39, 0.29) is 11.9 Å². The van der Waals surface area contributed by atoms with E-state index in [0.717, 1.165) is 59.8 Å². The van der Waals surface area contributed by atoms with E-state index in [0.29, 0.717) is 5.56 Å². The Hall–Kier alpha value is -2.89. The van der Waals surface area contributed by atoms with Gasteiger partial charge in [-0.25, -0.2) is 9.97 Å². The third kappa shape index (κ3) is 3.59. The predicted octanol–water partition coefficient (Wildman–Crippen LogP) is 4.31. The zero-order valence-corrected chi connectivity index (χ0v) is 17.6. The van der Waals surface area contributed by atoms with Crippen LogP contribution in [0.1, 0.15) is 59.7 Å². The van der Waals surface area contributed by atoms with Gasteiger partial charge < -0.3 is 14.2 Å². The third-order valence-electron chi connectivity index (χ3n) is 5.92. The lowest BCUT2D eigenvalue weighted by molar-refractivity contribution is 0.0744. The second-order valence-electron chi connectivity index (χ2n) is 7.84. The van der Waals surface area contributed by atoms with Crippen LogP contribution in [0.2, 0.25) is 0 Å². The van der Waals surface area contributed by atoms with Gasteiger partial charge in [0.05, 0.1) is 18.7 Å². The molecule has 29 heavy (non-hydrogen) atoms. The summed E-state index contributed by atoms with van der Waals surface area (Å²) in [5.41, 5.74) is 4.11. The number of imidazole rings is 1. The van der Waals surface area contributed by atoms with Gasteiger partial charge in [-0.1, -0.05) is 18.6 Å². The maximum Gasteiger partial charge on any atom is 0.256 e. The highest BCUT2D eigenvalue weighted by Gasteiger charge is 2.25. The second-order valence-corrected chi connectivity index (χ2v) is 7.84. The Morgan fingerprint density at radius 3 is 2.66 bits per heavy atom. The molecule has 152 valence electrons. The molecule has 1 unspecified atom stereocenters. The number of amides is 1. The lowest BCUT2D eigenvalue weighted by atomic mass is 10.1. The number of carbonyl (C=O) groups excluding carboxylic acids is 1. The van der Waals surface area contributed by atoms with Crippen molar-refractivity contribution in [3.05, 3.63) is 53.0 Å². The minimum absolute atomic E-state index is 0.0305. The summed E-state index contributed by atoms with van der Waals surface area (Å²) in [6.07, 6.45) is 4.43. The van der Waals surface area contributed by atoms with E-state index >= 15 is 0 Å². The molecule has 6 nitrogen and oxygen atoms in total. The number of hydrogen-bond donors (Lipinski definition) is 0. The fraction of sp³-hybridized carbons (Fsp3) is 0.435. The van der Waals surface area contributed by atoms with Crippen LogP contribution in [0.15, 0.2) is 30.3 Å². The van der Waals surface area contributed by atoms with Crippen molar-refractivity contribution in [1.82, 2.24) is 19.4 Å². The van der Waals surface area contributed by atoms with Crippen molar-refractivity contribution in [3.8, 4) is 5.75 Å². The molecule has 0 radical (unpaired) electrons. The topological polar surface area (TPSA) is 60.2 Å². The first kappa shape index (κ1) is 19.4. The van der Waals surface area contributed by atoms with E-state index in [1.807, 2.05) is 51.2 Å². The van der Waals surface area contributed by atoms with Gasteiger partial charge in [0, 0.05) is 25.7 Å². The highest BCUT2D eigenvalue weighted by atomic mass is 16.5. The molecule has 0 saturated carbocycles. The van der Waals surface area contributed by atoms with Gasteiger partial charge >= 0.3 is 0 Å². The highest BCUT2D eigenvalue weighted by Crippen LogP contribution is 2.27. The number of aryl methyl sites for hydroxylation is 3. The van der Waals surface area contributed by atoms with Crippen molar-refractivity contribution in [2.45, 2.75) is 52.1 Å². The minimum atomic E-state index is -0.0719. The molecule has 1 atom stereocenters. The van der Waals surface area contributed by atoms with Crippen molar-refractivity contribution >= 4 is 17.1 Å². The lowest BCUT2D eigenvalue weighted by Crippen LogP contribution is -2.30. The number of nitrogens with zero attached hydrogens (tertiary/aromatic N) is 4. The highest BCUT2D eigenvalue weighted by molar-refractivity contribution is 6.04. The fourth-order valence-electron chi connectivity index (χ4n) is 4.05. The molecule has 0 fully saturated rings.